The molecule has 0 aliphatic carbocycles. The van der Waals surface area contributed by atoms with Crippen LogP contribution in [0.5, 0.6) is 0 Å². The van der Waals surface area contributed by atoms with Crippen molar-refractivity contribution in [3.63, 3.8) is 0 Å². The van der Waals surface area contributed by atoms with Crippen molar-refractivity contribution >= 4 is 33.2 Å². The SMILES string of the molecule is CC1CCN(S(=O)(=O)c2cc(CN)c(Cl)cc2Cl)C1. The van der Waals surface area contributed by atoms with Gasteiger partial charge in [0.05, 0.1) is 5.02 Å². The molecule has 1 aromatic rings. The molecule has 0 bridgehead atoms. The summed E-state index contributed by atoms with van der Waals surface area (Å²) in [6, 6.07) is 2.92. The summed E-state index contributed by atoms with van der Waals surface area (Å²) >= 11 is 12.0. The Morgan fingerprint density at radius 1 is 1.37 bits per heavy atom. The third-order valence-electron chi connectivity index (χ3n) is 3.33. The first-order valence-corrected chi connectivity index (χ1v) is 8.24. The van der Waals surface area contributed by atoms with Crippen molar-refractivity contribution < 1.29 is 8.42 Å². The number of rotatable bonds is 3. The van der Waals surface area contributed by atoms with Gasteiger partial charge < -0.3 is 5.73 Å². The van der Waals surface area contributed by atoms with Crippen LogP contribution in [0.25, 0.3) is 0 Å². The van der Waals surface area contributed by atoms with Crippen molar-refractivity contribution in [1.82, 2.24) is 4.31 Å². The molecule has 0 saturated carbocycles. The zero-order valence-corrected chi connectivity index (χ0v) is 12.9. The van der Waals surface area contributed by atoms with Gasteiger partial charge in [-0.2, -0.15) is 4.31 Å². The largest absolute Gasteiger partial charge is 0.326 e. The van der Waals surface area contributed by atoms with Gasteiger partial charge in [0.1, 0.15) is 4.90 Å². The number of sulfonamides is 1. The van der Waals surface area contributed by atoms with E-state index in [-0.39, 0.29) is 16.5 Å². The fourth-order valence-electron chi connectivity index (χ4n) is 2.18. The zero-order valence-electron chi connectivity index (χ0n) is 10.6. The molecule has 1 heterocycles. The second kappa shape index (κ2) is 5.58. The third-order valence-corrected chi connectivity index (χ3v) is 6.01. The molecule has 2 rings (SSSR count). The van der Waals surface area contributed by atoms with Crippen LogP contribution in [0.4, 0.5) is 0 Å². The summed E-state index contributed by atoms with van der Waals surface area (Å²) in [7, 11) is -3.56. The molecule has 1 unspecified atom stereocenters. The van der Waals surface area contributed by atoms with E-state index in [1.165, 1.54) is 16.4 Å². The zero-order chi connectivity index (χ0) is 14.2. The Bertz CT molecular complexity index is 590. The summed E-state index contributed by atoms with van der Waals surface area (Å²) in [6.07, 6.45) is 0.869. The number of benzene rings is 1. The van der Waals surface area contributed by atoms with Gasteiger partial charge >= 0.3 is 0 Å². The molecule has 0 spiro atoms. The highest BCUT2D eigenvalue weighted by Crippen LogP contribution is 2.32. The summed E-state index contributed by atoms with van der Waals surface area (Å²) in [5.74, 6) is 0.370. The molecule has 106 valence electrons. The van der Waals surface area contributed by atoms with Crippen LogP contribution in [0.15, 0.2) is 17.0 Å². The Hall–Kier alpha value is -0.330. The summed E-state index contributed by atoms with van der Waals surface area (Å²) < 4.78 is 26.5. The average Bonchev–Trinajstić information content (AvgIpc) is 2.76. The second-order valence-electron chi connectivity index (χ2n) is 4.84. The minimum atomic E-state index is -3.56. The van der Waals surface area contributed by atoms with Gasteiger partial charge in [0, 0.05) is 24.7 Å². The Labute approximate surface area is 123 Å². The molecule has 1 atom stereocenters. The minimum Gasteiger partial charge on any atom is -0.326 e. The predicted octanol–water partition coefficient (Wildman–Crippen LogP) is 2.48. The van der Waals surface area contributed by atoms with Crippen molar-refractivity contribution in [2.75, 3.05) is 13.1 Å². The van der Waals surface area contributed by atoms with Gasteiger partial charge in [-0.1, -0.05) is 30.1 Å². The summed E-state index contributed by atoms with van der Waals surface area (Å²) in [5.41, 5.74) is 6.13. The van der Waals surface area contributed by atoms with E-state index in [0.29, 0.717) is 29.6 Å². The summed E-state index contributed by atoms with van der Waals surface area (Å²) in [4.78, 5) is 0.0908. The van der Waals surface area contributed by atoms with Crippen molar-refractivity contribution in [3.05, 3.63) is 27.7 Å². The number of nitrogens with zero attached hydrogens (tertiary/aromatic N) is 1. The minimum absolute atomic E-state index is 0.0908. The lowest BCUT2D eigenvalue weighted by atomic mass is 10.2. The molecule has 1 aromatic carbocycles. The maximum absolute atomic E-state index is 12.5. The smallest absolute Gasteiger partial charge is 0.244 e. The molecule has 1 aliphatic heterocycles. The Kier molecular flexibility index (Phi) is 4.42. The third kappa shape index (κ3) is 2.90. The first-order chi connectivity index (χ1) is 8.86. The van der Waals surface area contributed by atoms with Crippen LogP contribution in [0.2, 0.25) is 10.0 Å². The van der Waals surface area contributed by atoms with Crippen LogP contribution in [0.1, 0.15) is 18.9 Å². The predicted molar refractivity (Wildman–Crippen MR) is 76.9 cm³/mol. The quantitative estimate of drug-likeness (QED) is 0.929. The van der Waals surface area contributed by atoms with Gasteiger partial charge in [0.15, 0.2) is 0 Å². The molecule has 1 aliphatic rings. The van der Waals surface area contributed by atoms with Crippen LogP contribution in [0, 0.1) is 5.92 Å². The van der Waals surface area contributed by atoms with E-state index < -0.39 is 10.0 Å². The molecule has 1 saturated heterocycles. The highest BCUT2D eigenvalue weighted by atomic mass is 35.5. The maximum atomic E-state index is 12.5. The summed E-state index contributed by atoms with van der Waals surface area (Å²) in [5, 5.41) is 0.531. The fourth-order valence-corrected chi connectivity index (χ4v) is 4.60. The van der Waals surface area contributed by atoms with Gasteiger partial charge in [-0.3, -0.25) is 0 Å². The lowest BCUT2D eigenvalue weighted by Gasteiger charge is -2.18. The summed E-state index contributed by atoms with van der Waals surface area (Å²) in [6.45, 7) is 3.26. The van der Waals surface area contributed by atoms with Crippen molar-refractivity contribution in [2.45, 2.75) is 24.8 Å². The first kappa shape index (κ1) is 15.1. The highest BCUT2D eigenvalue weighted by molar-refractivity contribution is 7.89. The first-order valence-electron chi connectivity index (χ1n) is 6.04. The second-order valence-corrected chi connectivity index (χ2v) is 7.56. The standard InChI is InChI=1S/C12H16Cl2N2O2S/c1-8-2-3-16(7-8)19(17,18)12-4-9(6-15)10(13)5-11(12)14/h4-5,8H,2-3,6-7,15H2,1H3. The van der Waals surface area contributed by atoms with Crippen LogP contribution >= 0.6 is 23.2 Å². The fraction of sp³-hybridized carbons (Fsp3) is 0.500. The van der Waals surface area contributed by atoms with Gasteiger partial charge in [0.2, 0.25) is 10.0 Å². The van der Waals surface area contributed by atoms with Gasteiger partial charge in [0.25, 0.3) is 0 Å². The molecule has 0 amide bonds. The van der Waals surface area contributed by atoms with Crippen LogP contribution < -0.4 is 5.73 Å². The van der Waals surface area contributed by atoms with Gasteiger partial charge in [-0.15, -0.1) is 0 Å². The Morgan fingerprint density at radius 3 is 2.58 bits per heavy atom. The molecular weight excluding hydrogens is 307 g/mol. The Morgan fingerprint density at radius 2 is 2.05 bits per heavy atom. The number of hydrogen-bond donors (Lipinski definition) is 1. The highest BCUT2D eigenvalue weighted by Gasteiger charge is 2.32. The van der Waals surface area contributed by atoms with E-state index in [1.807, 2.05) is 6.92 Å². The average molecular weight is 323 g/mol. The van der Waals surface area contributed by atoms with E-state index in [2.05, 4.69) is 0 Å². The van der Waals surface area contributed by atoms with Gasteiger partial charge in [-0.25, -0.2) is 8.42 Å². The van der Waals surface area contributed by atoms with Crippen molar-refractivity contribution in [2.24, 2.45) is 11.7 Å². The van der Waals surface area contributed by atoms with E-state index in [1.54, 1.807) is 0 Å². The van der Waals surface area contributed by atoms with Crippen molar-refractivity contribution in [3.8, 4) is 0 Å². The molecule has 19 heavy (non-hydrogen) atoms. The molecule has 4 nitrogen and oxygen atoms in total. The van der Waals surface area contributed by atoms with Crippen LogP contribution in [-0.2, 0) is 16.6 Å². The lowest BCUT2D eigenvalue weighted by molar-refractivity contribution is 0.464. The number of halogens is 2. The van der Waals surface area contributed by atoms with E-state index in [9.17, 15) is 8.42 Å². The maximum Gasteiger partial charge on any atom is 0.244 e. The molecule has 0 aromatic heterocycles. The molecule has 7 heteroatoms. The lowest BCUT2D eigenvalue weighted by Crippen LogP contribution is -2.29. The molecule has 0 radical (unpaired) electrons. The number of nitrogens with two attached hydrogens (primary N) is 1. The monoisotopic (exact) mass is 322 g/mol. The van der Waals surface area contributed by atoms with Crippen molar-refractivity contribution in [1.29, 1.82) is 0 Å². The molecular formula is C12H16Cl2N2O2S. The van der Waals surface area contributed by atoms with Gasteiger partial charge in [-0.05, 0) is 30.0 Å². The van der Waals surface area contributed by atoms with E-state index in [0.717, 1.165) is 6.42 Å². The number of hydrogen-bond acceptors (Lipinski definition) is 3. The normalized spacial score (nSPS) is 20.9. The topological polar surface area (TPSA) is 63.4 Å². The molecule has 1 fully saturated rings. The Balaban J connectivity index is 2.46. The van der Waals surface area contributed by atoms with Crippen LogP contribution in [0.3, 0.4) is 0 Å². The van der Waals surface area contributed by atoms with E-state index >= 15 is 0 Å². The van der Waals surface area contributed by atoms with Crippen LogP contribution in [-0.4, -0.2) is 25.8 Å². The van der Waals surface area contributed by atoms with E-state index in [4.69, 9.17) is 28.9 Å². The molecule has 2 N–H and O–H groups in total.